The maximum Gasteiger partial charge on any atom is 0.254 e. The van der Waals surface area contributed by atoms with Crippen LogP contribution >= 0.6 is 0 Å². The van der Waals surface area contributed by atoms with E-state index in [4.69, 9.17) is 4.42 Å². The molecule has 2 aromatic heterocycles. The molecule has 138 valence electrons. The molecule has 27 heavy (non-hydrogen) atoms. The topological polar surface area (TPSA) is 62.5 Å². The predicted molar refractivity (Wildman–Crippen MR) is 94.2 cm³/mol. The first-order chi connectivity index (χ1) is 13.1. The first-order valence-corrected chi connectivity index (χ1v) is 8.48. The van der Waals surface area contributed by atoms with Gasteiger partial charge in [0.25, 0.3) is 5.91 Å². The van der Waals surface area contributed by atoms with Gasteiger partial charge in [0.05, 0.1) is 6.26 Å². The summed E-state index contributed by atoms with van der Waals surface area (Å²) in [5.74, 6) is -1.10. The van der Waals surface area contributed by atoms with E-state index < -0.39 is 11.6 Å². The summed E-state index contributed by atoms with van der Waals surface area (Å²) >= 11 is 0. The van der Waals surface area contributed by atoms with Gasteiger partial charge >= 0.3 is 0 Å². The summed E-state index contributed by atoms with van der Waals surface area (Å²) in [6, 6.07) is 8.57. The number of halogens is 2. The van der Waals surface area contributed by atoms with Gasteiger partial charge in [-0.3, -0.25) is 4.79 Å². The minimum Gasteiger partial charge on any atom is -0.463 e. The number of carbonyl (C=O) groups excluding carboxylic acids is 1. The molecule has 8 heteroatoms. The fourth-order valence-corrected chi connectivity index (χ4v) is 2.98. The van der Waals surface area contributed by atoms with Crippen molar-refractivity contribution in [2.75, 3.05) is 31.1 Å². The quantitative estimate of drug-likeness (QED) is 0.709. The minimum atomic E-state index is -1.03. The van der Waals surface area contributed by atoms with E-state index in [9.17, 15) is 13.6 Å². The molecule has 6 nitrogen and oxygen atoms in total. The largest absolute Gasteiger partial charge is 0.463 e. The second-order valence-corrected chi connectivity index (χ2v) is 6.13. The normalized spacial score (nSPS) is 14.4. The predicted octanol–water partition coefficient (Wildman–Crippen LogP) is 2.98. The van der Waals surface area contributed by atoms with Crippen LogP contribution in [0.25, 0.3) is 11.5 Å². The molecule has 0 saturated carbocycles. The zero-order valence-electron chi connectivity index (χ0n) is 14.3. The maximum absolute atomic E-state index is 13.4. The number of hydrogen-bond donors (Lipinski definition) is 0. The van der Waals surface area contributed by atoms with Crippen LogP contribution in [0.15, 0.2) is 53.3 Å². The molecule has 0 bridgehead atoms. The molecule has 1 saturated heterocycles. The van der Waals surface area contributed by atoms with Gasteiger partial charge in [-0.1, -0.05) is 0 Å². The van der Waals surface area contributed by atoms with Crippen molar-refractivity contribution in [1.82, 2.24) is 14.9 Å². The molecule has 1 amide bonds. The van der Waals surface area contributed by atoms with Crippen LogP contribution in [0.2, 0.25) is 0 Å². The molecular weight excluding hydrogens is 354 g/mol. The van der Waals surface area contributed by atoms with Gasteiger partial charge in [-0.2, -0.15) is 0 Å². The smallest absolute Gasteiger partial charge is 0.254 e. The van der Waals surface area contributed by atoms with E-state index in [1.54, 1.807) is 29.5 Å². The fraction of sp³-hybridized carbons (Fsp3) is 0.211. The summed E-state index contributed by atoms with van der Waals surface area (Å²) in [7, 11) is 0. The number of carbonyl (C=O) groups is 1. The lowest BCUT2D eigenvalue weighted by atomic mass is 10.1. The fourth-order valence-electron chi connectivity index (χ4n) is 2.98. The van der Waals surface area contributed by atoms with Crippen molar-refractivity contribution in [3.63, 3.8) is 0 Å². The first kappa shape index (κ1) is 17.1. The molecule has 0 aliphatic carbocycles. The zero-order chi connectivity index (χ0) is 18.8. The Bertz CT molecular complexity index is 954. The summed E-state index contributed by atoms with van der Waals surface area (Å²) < 4.78 is 31.8. The van der Waals surface area contributed by atoms with Gasteiger partial charge in [-0.05, 0) is 36.4 Å². The van der Waals surface area contributed by atoms with Crippen molar-refractivity contribution < 1.29 is 18.0 Å². The molecule has 0 unspecified atom stereocenters. The standard InChI is InChI=1S/C19H16F2N4O2/c20-14-4-3-13(12-15(14)21)18(26)24-7-9-25(10-8-24)19-22-6-5-16(23-19)17-2-1-11-27-17/h1-6,11-12H,7-10H2. The second kappa shape index (κ2) is 7.14. The van der Waals surface area contributed by atoms with Crippen molar-refractivity contribution in [1.29, 1.82) is 0 Å². The Morgan fingerprint density at radius 1 is 1.04 bits per heavy atom. The summed E-state index contributed by atoms with van der Waals surface area (Å²) in [6.45, 7) is 1.95. The number of aromatic nitrogens is 2. The highest BCUT2D eigenvalue weighted by molar-refractivity contribution is 5.94. The van der Waals surface area contributed by atoms with E-state index in [2.05, 4.69) is 9.97 Å². The lowest BCUT2D eigenvalue weighted by Gasteiger charge is -2.34. The van der Waals surface area contributed by atoms with E-state index in [1.165, 1.54) is 6.07 Å². The Hall–Kier alpha value is -3.29. The van der Waals surface area contributed by atoms with Crippen molar-refractivity contribution in [2.24, 2.45) is 0 Å². The minimum absolute atomic E-state index is 0.137. The summed E-state index contributed by atoms with van der Waals surface area (Å²) in [5.41, 5.74) is 0.823. The Morgan fingerprint density at radius 3 is 2.56 bits per heavy atom. The van der Waals surface area contributed by atoms with Crippen molar-refractivity contribution in [2.45, 2.75) is 0 Å². The van der Waals surface area contributed by atoms with Crippen LogP contribution in [0.3, 0.4) is 0 Å². The van der Waals surface area contributed by atoms with Crippen molar-refractivity contribution in [3.05, 3.63) is 66.1 Å². The van der Waals surface area contributed by atoms with Crippen LogP contribution in [0.1, 0.15) is 10.4 Å². The molecular formula is C19H16F2N4O2. The maximum atomic E-state index is 13.4. The highest BCUT2D eigenvalue weighted by Gasteiger charge is 2.24. The monoisotopic (exact) mass is 370 g/mol. The van der Waals surface area contributed by atoms with Gasteiger partial charge in [0.15, 0.2) is 17.4 Å². The Kier molecular flexibility index (Phi) is 4.53. The molecule has 0 atom stereocenters. The lowest BCUT2D eigenvalue weighted by Crippen LogP contribution is -2.49. The molecule has 1 aromatic carbocycles. The van der Waals surface area contributed by atoms with E-state index in [-0.39, 0.29) is 11.5 Å². The van der Waals surface area contributed by atoms with Crippen LogP contribution in [-0.4, -0.2) is 47.0 Å². The van der Waals surface area contributed by atoms with Gasteiger partial charge in [0.2, 0.25) is 5.95 Å². The van der Waals surface area contributed by atoms with Crippen LogP contribution in [0, 0.1) is 11.6 Å². The van der Waals surface area contributed by atoms with Crippen LogP contribution < -0.4 is 4.90 Å². The third kappa shape index (κ3) is 3.51. The summed E-state index contributed by atoms with van der Waals surface area (Å²) in [5, 5.41) is 0. The summed E-state index contributed by atoms with van der Waals surface area (Å²) in [6.07, 6.45) is 3.25. The molecule has 1 aliphatic heterocycles. The number of hydrogen-bond acceptors (Lipinski definition) is 5. The third-order valence-corrected chi connectivity index (χ3v) is 4.43. The van der Waals surface area contributed by atoms with Crippen LogP contribution in [0.5, 0.6) is 0 Å². The number of rotatable bonds is 3. The number of nitrogens with zero attached hydrogens (tertiary/aromatic N) is 4. The highest BCUT2D eigenvalue weighted by atomic mass is 19.2. The van der Waals surface area contributed by atoms with Crippen molar-refractivity contribution in [3.8, 4) is 11.5 Å². The Balaban J connectivity index is 1.44. The SMILES string of the molecule is O=C(c1ccc(F)c(F)c1)N1CCN(c2nccc(-c3ccco3)n2)CC1. The number of amides is 1. The highest BCUT2D eigenvalue weighted by Crippen LogP contribution is 2.20. The first-order valence-electron chi connectivity index (χ1n) is 8.48. The van der Waals surface area contributed by atoms with Gasteiger partial charge in [0.1, 0.15) is 5.69 Å². The van der Waals surface area contributed by atoms with Gasteiger partial charge in [-0.15, -0.1) is 0 Å². The zero-order valence-corrected chi connectivity index (χ0v) is 14.3. The molecule has 3 heterocycles. The second-order valence-electron chi connectivity index (χ2n) is 6.13. The molecule has 0 spiro atoms. The van der Waals surface area contributed by atoms with E-state index in [0.717, 1.165) is 12.1 Å². The van der Waals surface area contributed by atoms with E-state index in [0.29, 0.717) is 43.6 Å². The molecule has 1 fully saturated rings. The molecule has 1 aliphatic rings. The van der Waals surface area contributed by atoms with Crippen LogP contribution in [-0.2, 0) is 0 Å². The average molecular weight is 370 g/mol. The molecule has 3 aromatic rings. The van der Waals surface area contributed by atoms with Gasteiger partial charge in [0, 0.05) is 37.9 Å². The van der Waals surface area contributed by atoms with E-state index in [1.807, 2.05) is 11.0 Å². The summed E-state index contributed by atoms with van der Waals surface area (Å²) in [4.78, 5) is 24.9. The van der Waals surface area contributed by atoms with Gasteiger partial charge in [-0.25, -0.2) is 18.7 Å². The number of piperazine rings is 1. The average Bonchev–Trinajstić information content (AvgIpc) is 3.25. The molecule has 0 radical (unpaired) electrons. The molecule has 4 rings (SSSR count). The third-order valence-electron chi connectivity index (χ3n) is 4.43. The Morgan fingerprint density at radius 2 is 1.85 bits per heavy atom. The molecule has 0 N–H and O–H groups in total. The van der Waals surface area contributed by atoms with Crippen LogP contribution in [0.4, 0.5) is 14.7 Å². The lowest BCUT2D eigenvalue weighted by molar-refractivity contribution is 0.0745. The number of furan rings is 1. The number of benzene rings is 1. The number of anilines is 1. The van der Waals surface area contributed by atoms with Crippen molar-refractivity contribution >= 4 is 11.9 Å². The Labute approximate surface area is 154 Å². The van der Waals surface area contributed by atoms with Gasteiger partial charge < -0.3 is 14.2 Å². The van der Waals surface area contributed by atoms with E-state index >= 15 is 0 Å².